The van der Waals surface area contributed by atoms with Gasteiger partial charge < -0.3 is 5.73 Å². The fraction of sp³-hybridized carbons (Fsp3) is 0.500. The predicted octanol–water partition coefficient (Wildman–Crippen LogP) is 3.18. The van der Waals surface area contributed by atoms with Crippen LogP contribution >= 0.6 is 11.6 Å². The van der Waals surface area contributed by atoms with Crippen LogP contribution < -0.4 is 5.73 Å². The molecule has 0 aliphatic heterocycles. The van der Waals surface area contributed by atoms with E-state index in [9.17, 15) is 0 Å². The Labute approximate surface area is 123 Å². The summed E-state index contributed by atoms with van der Waals surface area (Å²) in [5.41, 5.74) is 7.61. The first kappa shape index (κ1) is 13.4. The summed E-state index contributed by atoms with van der Waals surface area (Å²) in [6.07, 6.45) is 0. The number of halogens is 1. The molecule has 0 bridgehead atoms. The van der Waals surface area contributed by atoms with Gasteiger partial charge in [0.25, 0.3) is 0 Å². The van der Waals surface area contributed by atoms with Crippen molar-refractivity contribution in [3.8, 4) is 11.4 Å². The third kappa shape index (κ3) is 1.73. The van der Waals surface area contributed by atoms with E-state index in [0.717, 1.165) is 5.56 Å². The highest BCUT2D eigenvalue weighted by molar-refractivity contribution is 6.31. The van der Waals surface area contributed by atoms with E-state index >= 15 is 0 Å². The molecule has 2 aromatic rings. The molecular weight excluding hydrogens is 274 g/mol. The van der Waals surface area contributed by atoms with Gasteiger partial charge in [0.05, 0.1) is 6.04 Å². The molecule has 1 aromatic carbocycles. The van der Waals surface area contributed by atoms with Crippen LogP contribution in [0.15, 0.2) is 18.2 Å². The van der Waals surface area contributed by atoms with Crippen LogP contribution in [-0.4, -0.2) is 20.2 Å². The highest BCUT2D eigenvalue weighted by Gasteiger charge is 2.67. The summed E-state index contributed by atoms with van der Waals surface area (Å²) in [5, 5.41) is 12.7. The predicted molar refractivity (Wildman–Crippen MR) is 79.3 cm³/mol. The van der Waals surface area contributed by atoms with Gasteiger partial charge in [-0.1, -0.05) is 39.3 Å². The lowest BCUT2D eigenvalue weighted by Gasteiger charge is -2.07. The van der Waals surface area contributed by atoms with Crippen LogP contribution in [0.4, 0.5) is 5.69 Å². The van der Waals surface area contributed by atoms with Gasteiger partial charge in [-0.3, -0.25) is 0 Å². The molecule has 1 aliphatic carbocycles. The van der Waals surface area contributed by atoms with Crippen LogP contribution in [0.5, 0.6) is 0 Å². The lowest BCUT2D eigenvalue weighted by atomic mass is 10.0. The molecular formula is C14H18ClN5. The van der Waals surface area contributed by atoms with E-state index in [1.165, 1.54) is 0 Å². The molecule has 106 valence electrons. The van der Waals surface area contributed by atoms with Crippen molar-refractivity contribution in [1.82, 2.24) is 20.2 Å². The van der Waals surface area contributed by atoms with Crippen LogP contribution in [0.25, 0.3) is 11.4 Å². The van der Waals surface area contributed by atoms with Crippen molar-refractivity contribution < 1.29 is 0 Å². The summed E-state index contributed by atoms with van der Waals surface area (Å²) >= 11 is 6.07. The number of tetrazole rings is 1. The van der Waals surface area contributed by atoms with Gasteiger partial charge in [-0.2, -0.15) is 0 Å². The van der Waals surface area contributed by atoms with Crippen molar-refractivity contribution in [2.75, 3.05) is 5.73 Å². The molecule has 1 saturated carbocycles. The quantitative estimate of drug-likeness (QED) is 0.863. The Hall–Kier alpha value is -1.62. The SMILES string of the molecule is CC1(C)C(n2nnnc2-c2cc(N)cc(Cl)c2)C1(C)C. The lowest BCUT2D eigenvalue weighted by Crippen LogP contribution is -2.06. The van der Waals surface area contributed by atoms with Gasteiger partial charge in [-0.25, -0.2) is 4.68 Å². The molecule has 0 saturated heterocycles. The van der Waals surface area contributed by atoms with Crippen LogP contribution in [-0.2, 0) is 0 Å². The number of rotatable bonds is 2. The van der Waals surface area contributed by atoms with E-state index in [-0.39, 0.29) is 16.9 Å². The second-order valence-corrected chi connectivity index (χ2v) is 7.00. The Morgan fingerprint density at radius 1 is 1.15 bits per heavy atom. The number of anilines is 1. The van der Waals surface area contributed by atoms with Gasteiger partial charge in [-0.05, 0) is 39.5 Å². The topological polar surface area (TPSA) is 69.6 Å². The van der Waals surface area contributed by atoms with Crippen LogP contribution in [0.1, 0.15) is 33.7 Å². The Kier molecular flexibility index (Phi) is 2.64. The summed E-state index contributed by atoms with van der Waals surface area (Å²) in [7, 11) is 0. The van der Waals surface area contributed by atoms with Gasteiger partial charge in [0.2, 0.25) is 0 Å². The average molecular weight is 292 g/mol. The van der Waals surface area contributed by atoms with Crippen molar-refractivity contribution in [2.24, 2.45) is 10.8 Å². The maximum absolute atomic E-state index is 6.07. The zero-order valence-electron chi connectivity index (χ0n) is 12.1. The highest BCUT2D eigenvalue weighted by Crippen LogP contribution is 2.71. The van der Waals surface area contributed by atoms with Gasteiger partial charge >= 0.3 is 0 Å². The lowest BCUT2D eigenvalue weighted by molar-refractivity contribution is 0.457. The van der Waals surface area contributed by atoms with Crippen molar-refractivity contribution in [3.63, 3.8) is 0 Å². The van der Waals surface area contributed by atoms with Crippen molar-refractivity contribution >= 4 is 17.3 Å². The molecule has 0 unspecified atom stereocenters. The Morgan fingerprint density at radius 2 is 1.80 bits per heavy atom. The largest absolute Gasteiger partial charge is 0.399 e. The average Bonchev–Trinajstić information content (AvgIpc) is 2.67. The minimum Gasteiger partial charge on any atom is -0.399 e. The van der Waals surface area contributed by atoms with Gasteiger partial charge in [-0.15, -0.1) is 5.10 Å². The molecule has 0 amide bonds. The van der Waals surface area contributed by atoms with E-state index in [1.54, 1.807) is 6.07 Å². The molecule has 1 heterocycles. The smallest absolute Gasteiger partial charge is 0.182 e. The monoisotopic (exact) mass is 291 g/mol. The zero-order valence-corrected chi connectivity index (χ0v) is 12.8. The highest BCUT2D eigenvalue weighted by atomic mass is 35.5. The number of hydrogen-bond donors (Lipinski definition) is 1. The zero-order chi connectivity index (χ0) is 14.7. The molecule has 2 N–H and O–H groups in total. The normalized spacial score (nSPS) is 20.1. The standard InChI is InChI=1S/C14H18ClN5/c1-13(2)12(14(13,3)4)20-11(17-18-19-20)8-5-9(15)7-10(16)6-8/h5-7,12H,16H2,1-4H3. The molecule has 1 aliphatic rings. The first-order chi connectivity index (χ1) is 9.25. The minimum absolute atomic E-state index is 0.154. The van der Waals surface area contributed by atoms with E-state index in [0.29, 0.717) is 16.5 Å². The molecule has 3 rings (SSSR count). The van der Waals surface area contributed by atoms with Crippen molar-refractivity contribution in [1.29, 1.82) is 0 Å². The van der Waals surface area contributed by atoms with E-state index in [1.807, 2.05) is 16.8 Å². The summed E-state index contributed by atoms with van der Waals surface area (Å²) < 4.78 is 1.89. The summed E-state index contributed by atoms with van der Waals surface area (Å²) in [4.78, 5) is 0. The third-order valence-electron chi connectivity index (χ3n) is 4.86. The van der Waals surface area contributed by atoms with E-state index in [2.05, 4.69) is 43.2 Å². The minimum atomic E-state index is 0.154. The molecule has 6 heteroatoms. The fourth-order valence-corrected chi connectivity index (χ4v) is 3.32. The molecule has 5 nitrogen and oxygen atoms in total. The first-order valence-corrected chi connectivity index (χ1v) is 6.97. The Morgan fingerprint density at radius 3 is 2.35 bits per heavy atom. The fourth-order valence-electron chi connectivity index (χ4n) is 3.07. The molecule has 1 fully saturated rings. The molecule has 1 aromatic heterocycles. The molecule has 0 spiro atoms. The van der Waals surface area contributed by atoms with E-state index < -0.39 is 0 Å². The van der Waals surface area contributed by atoms with Crippen LogP contribution in [0.2, 0.25) is 5.02 Å². The molecule has 0 atom stereocenters. The summed E-state index contributed by atoms with van der Waals surface area (Å²) in [5.74, 6) is 0.711. The van der Waals surface area contributed by atoms with Crippen molar-refractivity contribution in [3.05, 3.63) is 23.2 Å². The third-order valence-corrected chi connectivity index (χ3v) is 5.08. The first-order valence-electron chi connectivity index (χ1n) is 6.59. The molecule has 20 heavy (non-hydrogen) atoms. The maximum atomic E-state index is 6.07. The second kappa shape index (κ2) is 3.95. The number of nitrogen functional groups attached to an aromatic ring is 1. The van der Waals surface area contributed by atoms with Crippen LogP contribution in [0.3, 0.4) is 0 Å². The summed E-state index contributed by atoms with van der Waals surface area (Å²) in [6.45, 7) is 8.93. The number of nitrogens with two attached hydrogens (primary N) is 1. The van der Waals surface area contributed by atoms with Crippen molar-refractivity contribution in [2.45, 2.75) is 33.7 Å². The number of hydrogen-bond acceptors (Lipinski definition) is 4. The van der Waals surface area contributed by atoms with E-state index in [4.69, 9.17) is 17.3 Å². The Bertz CT molecular complexity index is 640. The second-order valence-electron chi connectivity index (χ2n) is 6.57. The number of benzene rings is 1. The maximum Gasteiger partial charge on any atom is 0.182 e. The summed E-state index contributed by atoms with van der Waals surface area (Å²) in [6, 6.07) is 5.66. The number of aromatic nitrogens is 4. The van der Waals surface area contributed by atoms with Gasteiger partial charge in [0, 0.05) is 16.3 Å². The molecule has 0 radical (unpaired) electrons. The van der Waals surface area contributed by atoms with Gasteiger partial charge in [0.15, 0.2) is 5.82 Å². The van der Waals surface area contributed by atoms with Gasteiger partial charge in [0.1, 0.15) is 0 Å². The Balaban J connectivity index is 2.08. The number of nitrogens with zero attached hydrogens (tertiary/aromatic N) is 4. The van der Waals surface area contributed by atoms with Crippen LogP contribution in [0, 0.1) is 10.8 Å².